The van der Waals surface area contributed by atoms with E-state index < -0.39 is 0 Å². The van der Waals surface area contributed by atoms with Gasteiger partial charge in [0.15, 0.2) is 0 Å². The van der Waals surface area contributed by atoms with Gasteiger partial charge >= 0.3 is 0 Å². The third-order valence-corrected chi connectivity index (χ3v) is 2.95. The topological polar surface area (TPSA) is 20.3 Å². The number of hydrogen-bond donors (Lipinski definition) is 0. The number of benzene rings is 2. The minimum atomic E-state index is -0.220. The standard InChI is InChI=1S/C16H17NO.Fe/c1-17(2)16(18)15(13-9-5-3-6-10-13)14-11-7-4-8-12-14;/h3-12,15H,1-2H3;. The van der Waals surface area contributed by atoms with E-state index in [1.54, 1.807) is 19.0 Å². The fourth-order valence-electron chi connectivity index (χ4n) is 2.03. The van der Waals surface area contributed by atoms with E-state index >= 15 is 0 Å². The smallest absolute Gasteiger partial charge is 0.234 e. The average Bonchev–Trinajstić information content (AvgIpc) is 2.41. The molecule has 0 aliphatic carbocycles. The van der Waals surface area contributed by atoms with Gasteiger partial charge in [0.05, 0.1) is 5.92 Å². The van der Waals surface area contributed by atoms with Crippen LogP contribution in [0.5, 0.6) is 0 Å². The van der Waals surface area contributed by atoms with Crippen molar-refractivity contribution < 1.29 is 21.9 Å². The Morgan fingerprint density at radius 3 is 1.53 bits per heavy atom. The zero-order valence-electron chi connectivity index (χ0n) is 11.1. The fourth-order valence-corrected chi connectivity index (χ4v) is 2.03. The minimum Gasteiger partial charge on any atom is -0.348 e. The van der Waals surface area contributed by atoms with Crippen molar-refractivity contribution >= 4 is 5.91 Å². The van der Waals surface area contributed by atoms with E-state index in [9.17, 15) is 4.79 Å². The number of hydrogen-bond acceptors (Lipinski definition) is 1. The Hall–Kier alpha value is -1.57. The summed E-state index contributed by atoms with van der Waals surface area (Å²) in [5.41, 5.74) is 2.06. The molecule has 0 aliphatic heterocycles. The number of nitrogens with zero attached hydrogens (tertiary/aromatic N) is 1. The molecule has 0 saturated carbocycles. The monoisotopic (exact) mass is 295 g/mol. The Balaban J connectivity index is 0.00000180. The zero-order chi connectivity index (χ0) is 13.0. The van der Waals surface area contributed by atoms with Crippen LogP contribution in [0.1, 0.15) is 17.0 Å². The van der Waals surface area contributed by atoms with E-state index in [0.29, 0.717) is 0 Å². The molecule has 19 heavy (non-hydrogen) atoms. The van der Waals surface area contributed by atoms with Crippen molar-refractivity contribution in [2.75, 3.05) is 14.1 Å². The van der Waals surface area contributed by atoms with Gasteiger partial charge in [-0.15, -0.1) is 0 Å². The largest absolute Gasteiger partial charge is 0.348 e. The summed E-state index contributed by atoms with van der Waals surface area (Å²) < 4.78 is 0. The number of likely N-dealkylation sites (N-methyl/N-ethyl adjacent to an activating group) is 1. The molecule has 0 heterocycles. The fraction of sp³-hybridized carbons (Fsp3) is 0.188. The molecule has 100 valence electrons. The molecule has 1 amide bonds. The molecule has 0 radical (unpaired) electrons. The van der Waals surface area contributed by atoms with Crippen molar-refractivity contribution in [1.29, 1.82) is 0 Å². The molecule has 0 saturated heterocycles. The number of carbonyl (C=O) groups is 1. The summed E-state index contributed by atoms with van der Waals surface area (Å²) in [5.74, 6) is -0.116. The maximum atomic E-state index is 12.4. The summed E-state index contributed by atoms with van der Waals surface area (Å²) >= 11 is 0. The van der Waals surface area contributed by atoms with E-state index in [0.717, 1.165) is 11.1 Å². The summed E-state index contributed by atoms with van der Waals surface area (Å²) in [7, 11) is 3.59. The summed E-state index contributed by atoms with van der Waals surface area (Å²) in [6, 6.07) is 19.8. The van der Waals surface area contributed by atoms with Gasteiger partial charge in [-0.05, 0) is 11.1 Å². The first-order chi connectivity index (χ1) is 8.70. The van der Waals surface area contributed by atoms with Crippen molar-refractivity contribution in [2.24, 2.45) is 0 Å². The van der Waals surface area contributed by atoms with Crippen LogP contribution in [0.4, 0.5) is 0 Å². The second-order valence-electron chi connectivity index (χ2n) is 4.49. The third-order valence-electron chi connectivity index (χ3n) is 2.95. The first-order valence-electron chi connectivity index (χ1n) is 6.01. The Morgan fingerprint density at radius 2 is 1.21 bits per heavy atom. The Labute approximate surface area is 124 Å². The van der Waals surface area contributed by atoms with Gasteiger partial charge in [0.1, 0.15) is 0 Å². The van der Waals surface area contributed by atoms with Crippen LogP contribution in [-0.2, 0) is 21.9 Å². The maximum Gasteiger partial charge on any atom is 0.234 e. The minimum absolute atomic E-state index is 0. The normalized spacial score (nSPS) is 9.84. The van der Waals surface area contributed by atoms with Crippen molar-refractivity contribution in [2.45, 2.75) is 5.92 Å². The first-order valence-corrected chi connectivity index (χ1v) is 6.01. The van der Waals surface area contributed by atoms with Crippen LogP contribution in [-0.4, -0.2) is 24.9 Å². The molecule has 0 atom stereocenters. The molecule has 0 aromatic heterocycles. The molecule has 0 aliphatic rings. The third kappa shape index (κ3) is 3.69. The van der Waals surface area contributed by atoms with Crippen LogP contribution in [0.2, 0.25) is 0 Å². The molecular weight excluding hydrogens is 278 g/mol. The second-order valence-corrected chi connectivity index (χ2v) is 4.49. The van der Waals surface area contributed by atoms with Gasteiger partial charge in [-0.3, -0.25) is 4.79 Å². The average molecular weight is 295 g/mol. The van der Waals surface area contributed by atoms with E-state index in [-0.39, 0.29) is 28.9 Å². The van der Waals surface area contributed by atoms with Gasteiger partial charge in [0.2, 0.25) is 5.91 Å². The van der Waals surface area contributed by atoms with E-state index in [1.807, 2.05) is 60.7 Å². The SMILES string of the molecule is CN(C)C(=O)C(c1ccccc1)c1ccccc1.[Fe]. The number of rotatable bonds is 3. The van der Waals surface area contributed by atoms with E-state index in [2.05, 4.69) is 0 Å². The second kappa shape index (κ2) is 7.13. The molecule has 0 N–H and O–H groups in total. The van der Waals surface area contributed by atoms with Crippen molar-refractivity contribution in [3.05, 3.63) is 71.8 Å². The molecule has 2 nitrogen and oxygen atoms in total. The van der Waals surface area contributed by atoms with Gasteiger partial charge in [-0.1, -0.05) is 60.7 Å². The van der Waals surface area contributed by atoms with Gasteiger partial charge in [-0.2, -0.15) is 0 Å². The van der Waals surface area contributed by atoms with Crippen molar-refractivity contribution in [3.8, 4) is 0 Å². The van der Waals surface area contributed by atoms with E-state index in [1.165, 1.54) is 0 Å². The quantitative estimate of drug-likeness (QED) is 0.797. The van der Waals surface area contributed by atoms with Crippen LogP contribution in [0, 0.1) is 0 Å². The molecule has 0 spiro atoms. The molecule has 2 rings (SSSR count). The Morgan fingerprint density at radius 1 is 0.842 bits per heavy atom. The van der Waals surface area contributed by atoms with Crippen LogP contribution in [0.25, 0.3) is 0 Å². The van der Waals surface area contributed by atoms with Crippen LogP contribution in [0.15, 0.2) is 60.7 Å². The van der Waals surface area contributed by atoms with Crippen LogP contribution >= 0.6 is 0 Å². The maximum absolute atomic E-state index is 12.4. The molecule has 2 aromatic carbocycles. The number of amides is 1. The summed E-state index contributed by atoms with van der Waals surface area (Å²) in [4.78, 5) is 14.0. The summed E-state index contributed by atoms with van der Waals surface area (Å²) in [6.45, 7) is 0. The van der Waals surface area contributed by atoms with Gasteiger partial charge < -0.3 is 4.90 Å². The van der Waals surface area contributed by atoms with Crippen LogP contribution in [0.3, 0.4) is 0 Å². The Kier molecular flexibility index (Phi) is 5.81. The van der Waals surface area contributed by atoms with Crippen LogP contribution < -0.4 is 0 Å². The molecule has 0 unspecified atom stereocenters. The van der Waals surface area contributed by atoms with E-state index in [4.69, 9.17) is 0 Å². The molecule has 0 bridgehead atoms. The Bertz CT molecular complexity index is 471. The molecular formula is C16H17FeNO. The summed E-state index contributed by atoms with van der Waals surface area (Å²) in [6.07, 6.45) is 0. The zero-order valence-corrected chi connectivity index (χ0v) is 12.2. The predicted molar refractivity (Wildman–Crippen MR) is 73.4 cm³/mol. The van der Waals surface area contributed by atoms with Gasteiger partial charge in [0.25, 0.3) is 0 Å². The molecule has 2 aromatic rings. The molecule has 3 heteroatoms. The first kappa shape index (κ1) is 15.5. The predicted octanol–water partition coefficient (Wildman–Crippen LogP) is 2.90. The molecule has 0 fully saturated rings. The van der Waals surface area contributed by atoms with Gasteiger partial charge in [-0.25, -0.2) is 0 Å². The van der Waals surface area contributed by atoms with Crippen molar-refractivity contribution in [3.63, 3.8) is 0 Å². The summed E-state index contributed by atoms with van der Waals surface area (Å²) in [5, 5.41) is 0. The van der Waals surface area contributed by atoms with Gasteiger partial charge in [0, 0.05) is 31.2 Å². The number of carbonyl (C=O) groups excluding carboxylic acids is 1. The van der Waals surface area contributed by atoms with Crippen molar-refractivity contribution in [1.82, 2.24) is 4.90 Å².